The Hall–Kier alpha value is -3.68. The van der Waals surface area contributed by atoms with Gasteiger partial charge in [-0.2, -0.15) is 0 Å². The van der Waals surface area contributed by atoms with Crippen molar-refractivity contribution in [3.8, 4) is 0 Å². The Kier molecular flexibility index (Phi) is 6.06. The van der Waals surface area contributed by atoms with Gasteiger partial charge in [-0.05, 0) is 37.0 Å². The molecule has 2 aromatic heterocycles. The summed E-state index contributed by atoms with van der Waals surface area (Å²) in [6, 6.07) is 18.0. The van der Waals surface area contributed by atoms with E-state index in [4.69, 9.17) is 0 Å². The summed E-state index contributed by atoms with van der Waals surface area (Å²) in [5.41, 5.74) is 2.73. The standard InChI is InChI=1S/C25H28N6O2/c32-24(15-17-30-21-9-5-4-8-20(21)27-25(30)33)26-19-11-13-23-29-28-22(31(23)16-14-19)12-10-18-6-2-1-3-7-18/h1-9,19H,10-17H2,(H,26,32)(H,27,33). The number of amides is 1. The first-order chi connectivity index (χ1) is 16.2. The zero-order chi connectivity index (χ0) is 22.6. The van der Waals surface area contributed by atoms with Gasteiger partial charge in [-0.1, -0.05) is 42.5 Å². The third kappa shape index (κ3) is 4.74. The average molecular weight is 445 g/mol. The van der Waals surface area contributed by atoms with Crippen LogP contribution in [0.3, 0.4) is 0 Å². The Morgan fingerprint density at radius 3 is 2.73 bits per heavy atom. The SMILES string of the molecule is O=C(CCn1c(=O)[nH]c2ccccc21)NC1CCc2nnc(CCc3ccccc3)n2CC1. The zero-order valence-corrected chi connectivity index (χ0v) is 18.5. The number of hydrogen-bond acceptors (Lipinski definition) is 4. The molecule has 0 saturated heterocycles. The summed E-state index contributed by atoms with van der Waals surface area (Å²) in [7, 11) is 0. The Bertz CT molecular complexity index is 1300. The number of rotatable bonds is 7. The van der Waals surface area contributed by atoms with Crippen molar-refractivity contribution in [2.45, 2.75) is 57.7 Å². The second-order valence-electron chi connectivity index (χ2n) is 8.61. The Morgan fingerprint density at radius 2 is 1.85 bits per heavy atom. The normalized spacial score (nSPS) is 15.8. The molecule has 1 atom stereocenters. The summed E-state index contributed by atoms with van der Waals surface area (Å²) in [5.74, 6) is 1.99. The molecule has 0 aliphatic carbocycles. The lowest BCUT2D eigenvalue weighted by Gasteiger charge is -2.16. The van der Waals surface area contributed by atoms with Crippen LogP contribution in [0, 0.1) is 0 Å². The summed E-state index contributed by atoms with van der Waals surface area (Å²) in [6.07, 6.45) is 4.55. The van der Waals surface area contributed by atoms with Crippen molar-refractivity contribution in [1.29, 1.82) is 0 Å². The van der Waals surface area contributed by atoms with Crippen LogP contribution < -0.4 is 11.0 Å². The highest BCUT2D eigenvalue weighted by molar-refractivity contribution is 5.77. The van der Waals surface area contributed by atoms with Crippen LogP contribution in [0.5, 0.6) is 0 Å². The van der Waals surface area contributed by atoms with E-state index in [0.29, 0.717) is 6.54 Å². The molecular formula is C25H28N6O2. The highest BCUT2D eigenvalue weighted by atomic mass is 16.2. The van der Waals surface area contributed by atoms with Gasteiger partial charge in [0.2, 0.25) is 5.91 Å². The number of aromatic nitrogens is 5. The van der Waals surface area contributed by atoms with E-state index in [1.165, 1.54) is 5.56 Å². The van der Waals surface area contributed by atoms with Crippen molar-refractivity contribution in [3.05, 3.63) is 82.3 Å². The molecule has 1 aliphatic heterocycles. The predicted octanol–water partition coefficient (Wildman–Crippen LogP) is 2.62. The maximum atomic E-state index is 12.6. The molecule has 0 fully saturated rings. The number of aryl methyl sites for hydroxylation is 4. The van der Waals surface area contributed by atoms with Gasteiger partial charge in [0, 0.05) is 38.4 Å². The fourth-order valence-electron chi connectivity index (χ4n) is 4.62. The number of fused-ring (bicyclic) bond motifs is 2. The van der Waals surface area contributed by atoms with E-state index in [1.54, 1.807) is 4.57 Å². The molecule has 33 heavy (non-hydrogen) atoms. The first-order valence-corrected chi connectivity index (χ1v) is 11.6. The fraction of sp³-hybridized carbons (Fsp3) is 0.360. The molecule has 0 radical (unpaired) electrons. The smallest absolute Gasteiger partial charge is 0.326 e. The minimum atomic E-state index is -0.181. The second-order valence-corrected chi connectivity index (χ2v) is 8.61. The summed E-state index contributed by atoms with van der Waals surface area (Å²) in [6.45, 7) is 1.16. The molecule has 0 spiro atoms. The average Bonchev–Trinajstić information content (AvgIpc) is 3.30. The summed E-state index contributed by atoms with van der Waals surface area (Å²) < 4.78 is 3.85. The maximum absolute atomic E-state index is 12.6. The molecule has 170 valence electrons. The van der Waals surface area contributed by atoms with Crippen molar-refractivity contribution in [3.63, 3.8) is 0 Å². The summed E-state index contributed by atoms with van der Waals surface area (Å²) in [4.78, 5) is 27.7. The largest absolute Gasteiger partial charge is 0.353 e. The number of aromatic amines is 1. The van der Waals surface area contributed by atoms with E-state index in [2.05, 4.69) is 49.3 Å². The number of carbonyl (C=O) groups is 1. The predicted molar refractivity (Wildman–Crippen MR) is 126 cm³/mol. The minimum Gasteiger partial charge on any atom is -0.353 e. The lowest BCUT2D eigenvalue weighted by Crippen LogP contribution is -2.36. The number of hydrogen-bond donors (Lipinski definition) is 2. The molecule has 1 aliphatic rings. The number of nitrogens with one attached hydrogen (secondary N) is 2. The molecule has 0 bridgehead atoms. The van der Waals surface area contributed by atoms with Crippen molar-refractivity contribution in [1.82, 2.24) is 29.6 Å². The van der Waals surface area contributed by atoms with Crippen molar-refractivity contribution in [2.24, 2.45) is 0 Å². The molecule has 1 unspecified atom stereocenters. The lowest BCUT2D eigenvalue weighted by atomic mass is 10.1. The number of imidazole rings is 1. The van der Waals surface area contributed by atoms with Gasteiger partial charge < -0.3 is 14.9 Å². The minimum absolute atomic E-state index is 0.0286. The fourth-order valence-corrected chi connectivity index (χ4v) is 4.62. The van der Waals surface area contributed by atoms with Crippen LogP contribution in [0.25, 0.3) is 11.0 Å². The number of benzene rings is 2. The van der Waals surface area contributed by atoms with Crippen LogP contribution in [-0.2, 0) is 37.1 Å². The van der Waals surface area contributed by atoms with E-state index in [1.807, 2.05) is 30.3 Å². The molecule has 3 heterocycles. The van der Waals surface area contributed by atoms with E-state index in [0.717, 1.165) is 61.3 Å². The molecule has 5 rings (SSSR count). The molecular weight excluding hydrogens is 416 g/mol. The van der Waals surface area contributed by atoms with Crippen LogP contribution in [-0.4, -0.2) is 36.3 Å². The van der Waals surface area contributed by atoms with Gasteiger partial charge in [0.1, 0.15) is 11.6 Å². The zero-order valence-electron chi connectivity index (χ0n) is 18.5. The number of nitrogens with zero attached hydrogens (tertiary/aromatic N) is 4. The number of carbonyl (C=O) groups excluding carboxylic acids is 1. The summed E-state index contributed by atoms with van der Waals surface area (Å²) >= 11 is 0. The highest BCUT2D eigenvalue weighted by Crippen LogP contribution is 2.17. The monoisotopic (exact) mass is 444 g/mol. The van der Waals surface area contributed by atoms with Crippen LogP contribution in [0.1, 0.15) is 36.5 Å². The van der Waals surface area contributed by atoms with Gasteiger partial charge in [-0.15, -0.1) is 10.2 Å². The maximum Gasteiger partial charge on any atom is 0.326 e. The van der Waals surface area contributed by atoms with E-state index in [9.17, 15) is 9.59 Å². The highest BCUT2D eigenvalue weighted by Gasteiger charge is 2.21. The van der Waals surface area contributed by atoms with Crippen molar-refractivity contribution in [2.75, 3.05) is 0 Å². The van der Waals surface area contributed by atoms with E-state index < -0.39 is 0 Å². The number of H-pyrrole nitrogens is 1. The van der Waals surface area contributed by atoms with Crippen LogP contribution in [0.4, 0.5) is 0 Å². The summed E-state index contributed by atoms with van der Waals surface area (Å²) in [5, 5.41) is 12.0. The third-order valence-electron chi connectivity index (χ3n) is 6.41. The van der Waals surface area contributed by atoms with Crippen LogP contribution in [0.2, 0.25) is 0 Å². The van der Waals surface area contributed by atoms with Gasteiger partial charge in [0.25, 0.3) is 0 Å². The Morgan fingerprint density at radius 1 is 1.03 bits per heavy atom. The van der Waals surface area contributed by atoms with Gasteiger partial charge in [-0.25, -0.2) is 4.79 Å². The van der Waals surface area contributed by atoms with E-state index >= 15 is 0 Å². The molecule has 2 N–H and O–H groups in total. The van der Waals surface area contributed by atoms with Crippen molar-refractivity contribution >= 4 is 16.9 Å². The molecule has 8 nitrogen and oxygen atoms in total. The van der Waals surface area contributed by atoms with Gasteiger partial charge in [0.15, 0.2) is 0 Å². The molecule has 2 aromatic carbocycles. The molecule has 1 amide bonds. The van der Waals surface area contributed by atoms with Crippen molar-refractivity contribution < 1.29 is 4.79 Å². The molecule has 0 saturated carbocycles. The van der Waals surface area contributed by atoms with Gasteiger partial charge in [0.05, 0.1) is 11.0 Å². The van der Waals surface area contributed by atoms with Crippen LogP contribution >= 0.6 is 0 Å². The van der Waals surface area contributed by atoms with Crippen LogP contribution in [0.15, 0.2) is 59.4 Å². The number of para-hydroxylation sites is 2. The molecule has 4 aromatic rings. The first kappa shape index (κ1) is 21.2. The first-order valence-electron chi connectivity index (χ1n) is 11.6. The van der Waals surface area contributed by atoms with Gasteiger partial charge >= 0.3 is 5.69 Å². The lowest BCUT2D eigenvalue weighted by molar-refractivity contribution is -0.122. The van der Waals surface area contributed by atoms with E-state index in [-0.39, 0.29) is 24.1 Å². The van der Waals surface area contributed by atoms with Gasteiger partial charge in [-0.3, -0.25) is 9.36 Å². The topological polar surface area (TPSA) is 97.6 Å². The third-order valence-corrected chi connectivity index (χ3v) is 6.41. The Labute approximate surface area is 191 Å². The Balaban J connectivity index is 1.15. The second kappa shape index (κ2) is 9.44. The quantitative estimate of drug-likeness (QED) is 0.458. The molecule has 8 heteroatoms.